The summed E-state index contributed by atoms with van der Waals surface area (Å²) in [5.41, 5.74) is 0. The molecule has 1 aliphatic heterocycles. The molecule has 0 saturated carbocycles. The van der Waals surface area contributed by atoms with Gasteiger partial charge in [0.25, 0.3) is 0 Å². The summed E-state index contributed by atoms with van der Waals surface area (Å²) in [5.74, 6) is 0.832. The Morgan fingerprint density at radius 2 is 1.79 bits per heavy atom. The van der Waals surface area contributed by atoms with Gasteiger partial charge in [-0.15, -0.1) is 0 Å². The first-order valence-electron chi connectivity index (χ1n) is 4.36. The van der Waals surface area contributed by atoms with Gasteiger partial charge < -0.3 is 17.1 Å². The number of halogens is 1. The molecular formula is C8H13ClN4O. The average molecular weight is 217 g/mol. The molecule has 0 atom stereocenters. The number of hydrogen-bond donors (Lipinski definition) is 0. The Hall–Kier alpha value is -0.780. The Morgan fingerprint density at radius 3 is 2.36 bits per heavy atom. The molecule has 2 rings (SSSR count). The van der Waals surface area contributed by atoms with E-state index >= 15 is 0 Å². The molecule has 0 radical (unpaired) electrons. The van der Waals surface area contributed by atoms with E-state index in [9.17, 15) is 0 Å². The standard InChI is InChI=1S/C8H13N4O.ClH/c1-12(2-4-13-5-3-12)8-10-6-9-7-11-8;/h6-7H,2-5H2,1H3;1H/q+1;/p-1. The Labute approximate surface area is 89.1 Å². The van der Waals surface area contributed by atoms with Gasteiger partial charge in [-0.2, -0.15) is 9.97 Å². The summed E-state index contributed by atoms with van der Waals surface area (Å²) in [7, 11) is 2.12. The van der Waals surface area contributed by atoms with Crippen molar-refractivity contribution in [2.45, 2.75) is 0 Å². The summed E-state index contributed by atoms with van der Waals surface area (Å²) in [5, 5.41) is 0. The van der Waals surface area contributed by atoms with E-state index in [1.165, 1.54) is 0 Å². The van der Waals surface area contributed by atoms with Gasteiger partial charge in [-0.25, -0.2) is 4.98 Å². The van der Waals surface area contributed by atoms with Gasteiger partial charge in [0.2, 0.25) is 0 Å². The molecule has 78 valence electrons. The number of likely N-dealkylation sites (N-methyl/N-ethyl adjacent to an activating group) is 1. The molecule has 1 saturated heterocycles. The summed E-state index contributed by atoms with van der Waals surface area (Å²) >= 11 is 0. The number of morpholine rings is 1. The third kappa shape index (κ3) is 2.17. The van der Waals surface area contributed by atoms with Crippen LogP contribution in [0.4, 0.5) is 5.95 Å². The third-order valence-electron chi connectivity index (χ3n) is 2.42. The van der Waals surface area contributed by atoms with Crippen LogP contribution in [-0.4, -0.2) is 48.3 Å². The predicted molar refractivity (Wildman–Crippen MR) is 48.1 cm³/mol. The van der Waals surface area contributed by atoms with Crippen LogP contribution in [0.5, 0.6) is 0 Å². The van der Waals surface area contributed by atoms with E-state index in [4.69, 9.17) is 4.74 Å². The lowest BCUT2D eigenvalue weighted by atomic mass is 10.4. The molecule has 14 heavy (non-hydrogen) atoms. The topological polar surface area (TPSA) is 47.9 Å². The van der Waals surface area contributed by atoms with Crippen molar-refractivity contribution in [2.24, 2.45) is 0 Å². The summed E-state index contributed by atoms with van der Waals surface area (Å²) in [4.78, 5) is 12.1. The fourth-order valence-corrected chi connectivity index (χ4v) is 1.46. The smallest absolute Gasteiger partial charge is 0.331 e. The monoisotopic (exact) mass is 216 g/mol. The minimum absolute atomic E-state index is 0. The zero-order chi connectivity index (χ0) is 9.15. The molecule has 1 aliphatic rings. The van der Waals surface area contributed by atoms with Gasteiger partial charge in [0.15, 0.2) is 0 Å². The zero-order valence-electron chi connectivity index (χ0n) is 8.06. The van der Waals surface area contributed by atoms with Crippen molar-refractivity contribution in [2.75, 3.05) is 33.4 Å². The summed E-state index contributed by atoms with van der Waals surface area (Å²) in [6.45, 7) is 3.43. The van der Waals surface area contributed by atoms with Gasteiger partial charge in [0.05, 0.1) is 20.3 Å². The highest BCUT2D eigenvalue weighted by Gasteiger charge is 2.30. The number of hydrogen-bond acceptors (Lipinski definition) is 4. The molecule has 0 amide bonds. The summed E-state index contributed by atoms with van der Waals surface area (Å²) in [6, 6.07) is 0. The first-order chi connectivity index (χ1) is 6.31. The van der Waals surface area contributed by atoms with Crippen molar-refractivity contribution in [1.29, 1.82) is 0 Å². The van der Waals surface area contributed by atoms with Crippen LogP contribution in [0.3, 0.4) is 0 Å². The summed E-state index contributed by atoms with van der Waals surface area (Å²) in [6.07, 6.45) is 3.09. The third-order valence-corrected chi connectivity index (χ3v) is 2.42. The van der Waals surface area contributed by atoms with E-state index in [0.717, 1.165) is 36.7 Å². The fourth-order valence-electron chi connectivity index (χ4n) is 1.46. The number of rotatable bonds is 1. The van der Waals surface area contributed by atoms with Gasteiger partial charge in [0.1, 0.15) is 25.7 Å². The second-order valence-electron chi connectivity index (χ2n) is 3.39. The zero-order valence-corrected chi connectivity index (χ0v) is 8.81. The maximum absolute atomic E-state index is 5.30. The van der Waals surface area contributed by atoms with Crippen LogP contribution >= 0.6 is 0 Å². The Kier molecular flexibility index (Phi) is 3.74. The number of quaternary nitrogens is 1. The van der Waals surface area contributed by atoms with Crippen LogP contribution < -0.4 is 16.9 Å². The molecule has 1 aromatic rings. The Bertz CT molecular complexity index is 276. The number of nitrogens with zero attached hydrogens (tertiary/aromatic N) is 4. The average Bonchev–Trinajstić information content (AvgIpc) is 2.20. The molecule has 0 N–H and O–H groups in total. The van der Waals surface area contributed by atoms with Gasteiger partial charge in [-0.05, 0) is 0 Å². The highest BCUT2D eigenvalue weighted by molar-refractivity contribution is 5.21. The lowest BCUT2D eigenvalue weighted by molar-refractivity contribution is -0.00000490. The van der Waals surface area contributed by atoms with Gasteiger partial charge >= 0.3 is 5.95 Å². The normalized spacial score (nSPS) is 19.8. The lowest BCUT2D eigenvalue weighted by Gasteiger charge is -2.34. The van der Waals surface area contributed by atoms with Crippen LogP contribution in [-0.2, 0) is 4.74 Å². The highest BCUT2D eigenvalue weighted by Crippen LogP contribution is 2.15. The van der Waals surface area contributed by atoms with E-state index in [-0.39, 0.29) is 12.4 Å². The number of ether oxygens (including phenoxy) is 1. The van der Waals surface area contributed by atoms with E-state index < -0.39 is 0 Å². The van der Waals surface area contributed by atoms with Crippen molar-refractivity contribution >= 4 is 5.95 Å². The SMILES string of the molecule is C[N+]1(c2ncncn2)CCOCC1.[Cl-]. The minimum Gasteiger partial charge on any atom is -1.00 e. The van der Waals surface area contributed by atoms with Gasteiger partial charge in [-0.1, -0.05) is 0 Å². The minimum atomic E-state index is 0. The molecule has 0 spiro atoms. The largest absolute Gasteiger partial charge is 1.00 e. The van der Waals surface area contributed by atoms with Crippen LogP contribution in [0.1, 0.15) is 0 Å². The molecule has 5 nitrogen and oxygen atoms in total. The fraction of sp³-hybridized carbons (Fsp3) is 0.625. The van der Waals surface area contributed by atoms with E-state index in [1.807, 2.05) is 0 Å². The maximum Gasteiger partial charge on any atom is 0.331 e. The van der Waals surface area contributed by atoms with E-state index in [2.05, 4.69) is 22.0 Å². The molecule has 0 aliphatic carbocycles. The van der Waals surface area contributed by atoms with Gasteiger partial charge in [0, 0.05) is 0 Å². The first kappa shape index (κ1) is 11.3. The van der Waals surface area contributed by atoms with E-state index in [0.29, 0.717) is 0 Å². The quantitative estimate of drug-likeness (QED) is 0.465. The van der Waals surface area contributed by atoms with Crippen molar-refractivity contribution < 1.29 is 17.1 Å². The Balaban J connectivity index is 0.000000980. The predicted octanol–water partition coefficient (Wildman–Crippen LogP) is -3.16. The Morgan fingerprint density at radius 1 is 1.21 bits per heavy atom. The van der Waals surface area contributed by atoms with Crippen LogP contribution in [0.15, 0.2) is 12.7 Å². The molecule has 6 heteroatoms. The summed E-state index contributed by atoms with van der Waals surface area (Å²) < 4.78 is 6.05. The van der Waals surface area contributed by atoms with Crippen molar-refractivity contribution in [3.8, 4) is 0 Å². The molecule has 0 aromatic carbocycles. The lowest BCUT2D eigenvalue weighted by Crippen LogP contribution is -3.00. The number of aromatic nitrogens is 3. The van der Waals surface area contributed by atoms with E-state index in [1.54, 1.807) is 12.7 Å². The molecule has 0 bridgehead atoms. The maximum atomic E-state index is 5.30. The molecule has 1 fully saturated rings. The van der Waals surface area contributed by atoms with Crippen LogP contribution in [0.25, 0.3) is 0 Å². The van der Waals surface area contributed by atoms with Crippen molar-refractivity contribution in [1.82, 2.24) is 19.4 Å². The molecule has 2 heterocycles. The molecule has 1 aromatic heterocycles. The molecule has 0 unspecified atom stereocenters. The van der Waals surface area contributed by atoms with Crippen molar-refractivity contribution in [3.05, 3.63) is 12.7 Å². The molecular weight excluding hydrogens is 204 g/mol. The van der Waals surface area contributed by atoms with Crippen molar-refractivity contribution in [3.63, 3.8) is 0 Å². The highest BCUT2D eigenvalue weighted by atomic mass is 35.5. The second-order valence-corrected chi connectivity index (χ2v) is 3.39. The van der Waals surface area contributed by atoms with Crippen LogP contribution in [0.2, 0.25) is 0 Å². The second kappa shape index (κ2) is 4.63. The van der Waals surface area contributed by atoms with Gasteiger partial charge in [-0.3, -0.25) is 4.48 Å². The van der Waals surface area contributed by atoms with Crippen LogP contribution in [0, 0.1) is 0 Å². The first-order valence-corrected chi connectivity index (χ1v) is 4.36.